The van der Waals surface area contributed by atoms with Gasteiger partial charge in [-0.3, -0.25) is 4.79 Å². The molecule has 1 amide bonds. The number of aliphatic hydroxyl groups excluding tert-OH is 1. The number of rotatable bonds is 8. The number of aromatic nitrogens is 1. The first-order valence-electron chi connectivity index (χ1n) is 11.7. The number of aliphatic hydroxyl groups is 1. The summed E-state index contributed by atoms with van der Waals surface area (Å²) in [6.45, 7) is 7.84. The first-order chi connectivity index (χ1) is 16.3. The third kappa shape index (κ3) is 5.32. The molecule has 0 aliphatic rings. The van der Waals surface area contributed by atoms with Crippen molar-refractivity contribution in [3.05, 3.63) is 89.1 Å². The van der Waals surface area contributed by atoms with E-state index in [0.29, 0.717) is 17.7 Å². The third-order valence-electron chi connectivity index (χ3n) is 5.84. The second kappa shape index (κ2) is 10.1. The van der Waals surface area contributed by atoms with Crippen molar-refractivity contribution in [2.24, 2.45) is 0 Å². The van der Waals surface area contributed by atoms with E-state index in [4.69, 9.17) is 4.74 Å². The first-order valence-corrected chi connectivity index (χ1v) is 11.7. The van der Waals surface area contributed by atoms with E-state index in [1.165, 1.54) is 11.1 Å². The SMILES string of the molecule is Cc1cc(C)cc(-c2ccc(OC(C)C)c(C(=O)N[C@@H](CO)Cc3c[nH]c4ccccc34)c2)c1. The van der Waals surface area contributed by atoms with Crippen LogP contribution in [0.2, 0.25) is 0 Å². The minimum atomic E-state index is -0.427. The fraction of sp³-hybridized carbons (Fsp3) is 0.276. The number of nitrogens with one attached hydrogen (secondary N) is 2. The van der Waals surface area contributed by atoms with Crippen molar-refractivity contribution in [1.29, 1.82) is 0 Å². The summed E-state index contributed by atoms with van der Waals surface area (Å²) in [7, 11) is 0. The summed E-state index contributed by atoms with van der Waals surface area (Å²) in [4.78, 5) is 16.7. The molecule has 5 nitrogen and oxygen atoms in total. The molecule has 3 N–H and O–H groups in total. The Bertz CT molecular complexity index is 1290. The van der Waals surface area contributed by atoms with Gasteiger partial charge in [0.2, 0.25) is 0 Å². The molecule has 0 saturated carbocycles. The Morgan fingerprint density at radius 1 is 1.00 bits per heavy atom. The summed E-state index contributed by atoms with van der Waals surface area (Å²) in [5.41, 5.74) is 6.89. The van der Waals surface area contributed by atoms with Crippen molar-refractivity contribution >= 4 is 16.8 Å². The van der Waals surface area contributed by atoms with Gasteiger partial charge in [-0.1, -0.05) is 53.6 Å². The van der Waals surface area contributed by atoms with Crippen LogP contribution in [0, 0.1) is 13.8 Å². The van der Waals surface area contributed by atoms with Gasteiger partial charge in [-0.05, 0) is 69.0 Å². The average molecular weight is 457 g/mol. The Morgan fingerprint density at radius 3 is 2.44 bits per heavy atom. The van der Waals surface area contributed by atoms with Gasteiger partial charge in [0.1, 0.15) is 5.75 Å². The van der Waals surface area contributed by atoms with Crippen molar-refractivity contribution in [2.75, 3.05) is 6.61 Å². The van der Waals surface area contributed by atoms with Crippen molar-refractivity contribution in [2.45, 2.75) is 46.3 Å². The van der Waals surface area contributed by atoms with E-state index in [9.17, 15) is 9.90 Å². The standard InChI is InChI=1S/C29H32N2O3/c1-18(2)34-28-10-9-21(22-12-19(3)11-20(4)13-22)15-26(28)29(33)31-24(17-32)14-23-16-30-27-8-6-5-7-25(23)27/h5-13,15-16,18,24,30,32H,14,17H2,1-4H3,(H,31,33)/t24-/m1/s1. The number of carbonyl (C=O) groups excluding carboxylic acids is 1. The van der Waals surface area contributed by atoms with Gasteiger partial charge in [0.05, 0.1) is 24.3 Å². The van der Waals surface area contributed by atoms with Crippen LogP contribution in [0.25, 0.3) is 22.0 Å². The molecule has 1 aromatic heterocycles. The van der Waals surface area contributed by atoms with E-state index >= 15 is 0 Å². The van der Waals surface area contributed by atoms with Crippen LogP contribution in [0.3, 0.4) is 0 Å². The van der Waals surface area contributed by atoms with Crippen LogP contribution in [0.5, 0.6) is 5.75 Å². The van der Waals surface area contributed by atoms with Crippen LogP contribution in [0.1, 0.15) is 40.9 Å². The molecule has 0 radical (unpaired) electrons. The van der Waals surface area contributed by atoms with Gasteiger partial charge in [-0.2, -0.15) is 0 Å². The van der Waals surface area contributed by atoms with Crippen LogP contribution in [-0.4, -0.2) is 34.8 Å². The number of aryl methyl sites for hydroxylation is 2. The number of ether oxygens (including phenoxy) is 1. The van der Waals surface area contributed by atoms with Gasteiger partial charge in [0.25, 0.3) is 5.91 Å². The van der Waals surface area contributed by atoms with Crippen molar-refractivity contribution in [3.8, 4) is 16.9 Å². The van der Waals surface area contributed by atoms with E-state index in [1.807, 2.05) is 62.5 Å². The van der Waals surface area contributed by atoms with Gasteiger partial charge in [0, 0.05) is 17.1 Å². The highest BCUT2D eigenvalue weighted by molar-refractivity contribution is 5.98. The van der Waals surface area contributed by atoms with Crippen molar-refractivity contribution < 1.29 is 14.6 Å². The zero-order chi connectivity index (χ0) is 24.2. The molecule has 5 heteroatoms. The maximum atomic E-state index is 13.4. The van der Waals surface area contributed by atoms with Gasteiger partial charge < -0.3 is 20.1 Å². The maximum absolute atomic E-state index is 13.4. The number of para-hydroxylation sites is 1. The monoisotopic (exact) mass is 456 g/mol. The summed E-state index contributed by atoms with van der Waals surface area (Å²) in [5.74, 6) is 0.269. The van der Waals surface area contributed by atoms with Gasteiger partial charge in [0.15, 0.2) is 0 Å². The molecule has 0 aliphatic carbocycles. The Labute approximate surface area is 200 Å². The summed E-state index contributed by atoms with van der Waals surface area (Å²) < 4.78 is 5.96. The Morgan fingerprint density at radius 2 is 1.74 bits per heavy atom. The number of carbonyl (C=O) groups is 1. The molecular formula is C29H32N2O3. The molecule has 0 aliphatic heterocycles. The lowest BCUT2D eigenvalue weighted by molar-refractivity contribution is 0.0910. The summed E-state index contributed by atoms with van der Waals surface area (Å²) in [6.07, 6.45) is 2.38. The summed E-state index contributed by atoms with van der Waals surface area (Å²) >= 11 is 0. The molecule has 0 unspecified atom stereocenters. The molecule has 0 spiro atoms. The number of hydrogen-bond acceptors (Lipinski definition) is 3. The van der Waals surface area contributed by atoms with Gasteiger partial charge in [-0.25, -0.2) is 0 Å². The largest absolute Gasteiger partial charge is 0.490 e. The molecule has 1 heterocycles. The number of benzene rings is 3. The normalized spacial score (nSPS) is 12.2. The molecule has 0 saturated heterocycles. The quantitative estimate of drug-likeness (QED) is 0.324. The molecular weight excluding hydrogens is 424 g/mol. The fourth-order valence-electron chi connectivity index (χ4n) is 4.38. The Balaban J connectivity index is 1.62. The second-order valence-corrected chi connectivity index (χ2v) is 9.17. The fourth-order valence-corrected chi connectivity index (χ4v) is 4.38. The molecule has 176 valence electrons. The second-order valence-electron chi connectivity index (χ2n) is 9.17. The molecule has 34 heavy (non-hydrogen) atoms. The molecule has 4 aromatic rings. The minimum absolute atomic E-state index is 0.0709. The molecule has 0 fully saturated rings. The zero-order valence-corrected chi connectivity index (χ0v) is 20.2. The molecule has 1 atom stereocenters. The lowest BCUT2D eigenvalue weighted by atomic mass is 9.98. The van der Waals surface area contributed by atoms with E-state index in [2.05, 4.69) is 42.3 Å². The van der Waals surface area contributed by atoms with Crippen LogP contribution in [-0.2, 0) is 6.42 Å². The highest BCUT2D eigenvalue weighted by Gasteiger charge is 2.20. The summed E-state index contributed by atoms with van der Waals surface area (Å²) in [6, 6.07) is 19.7. The Kier molecular flexibility index (Phi) is 7.03. The highest BCUT2D eigenvalue weighted by atomic mass is 16.5. The van der Waals surface area contributed by atoms with Crippen LogP contribution in [0.4, 0.5) is 0 Å². The van der Waals surface area contributed by atoms with Crippen molar-refractivity contribution in [3.63, 3.8) is 0 Å². The van der Waals surface area contributed by atoms with E-state index < -0.39 is 6.04 Å². The number of hydrogen-bond donors (Lipinski definition) is 3. The van der Waals surface area contributed by atoms with Crippen LogP contribution < -0.4 is 10.1 Å². The molecule has 4 rings (SSSR count). The number of fused-ring (bicyclic) bond motifs is 1. The lowest BCUT2D eigenvalue weighted by Crippen LogP contribution is -2.39. The predicted molar refractivity (Wildman–Crippen MR) is 137 cm³/mol. The number of aromatic amines is 1. The number of amides is 1. The van der Waals surface area contributed by atoms with E-state index in [0.717, 1.165) is 27.6 Å². The highest BCUT2D eigenvalue weighted by Crippen LogP contribution is 2.29. The van der Waals surface area contributed by atoms with Crippen molar-refractivity contribution in [1.82, 2.24) is 10.3 Å². The topological polar surface area (TPSA) is 74.3 Å². The third-order valence-corrected chi connectivity index (χ3v) is 5.84. The number of H-pyrrole nitrogens is 1. The van der Waals surface area contributed by atoms with Crippen LogP contribution >= 0.6 is 0 Å². The van der Waals surface area contributed by atoms with E-state index in [-0.39, 0.29) is 18.6 Å². The minimum Gasteiger partial charge on any atom is -0.490 e. The first kappa shape index (κ1) is 23.6. The zero-order valence-electron chi connectivity index (χ0n) is 20.2. The van der Waals surface area contributed by atoms with E-state index in [1.54, 1.807) is 0 Å². The maximum Gasteiger partial charge on any atom is 0.255 e. The smallest absolute Gasteiger partial charge is 0.255 e. The molecule has 3 aromatic carbocycles. The van der Waals surface area contributed by atoms with Gasteiger partial charge >= 0.3 is 0 Å². The predicted octanol–water partition coefficient (Wildman–Crippen LogP) is 5.57. The van der Waals surface area contributed by atoms with Crippen LogP contribution in [0.15, 0.2) is 66.9 Å². The Hall–Kier alpha value is -3.57. The lowest BCUT2D eigenvalue weighted by Gasteiger charge is -2.19. The summed E-state index contributed by atoms with van der Waals surface area (Å²) in [5, 5.41) is 14.2. The molecule has 0 bridgehead atoms. The average Bonchev–Trinajstić information content (AvgIpc) is 3.20. The van der Waals surface area contributed by atoms with Gasteiger partial charge in [-0.15, -0.1) is 0 Å².